The molecule has 0 heterocycles. The zero-order valence-electron chi connectivity index (χ0n) is 18.0. The molecule has 0 aliphatic rings. The number of hydrogen-bond acceptors (Lipinski definition) is 2. The number of aryl methyl sites for hydroxylation is 1. The lowest BCUT2D eigenvalue weighted by atomic mass is 10.0. The molecule has 1 N–H and O–H groups in total. The van der Waals surface area contributed by atoms with Crippen molar-refractivity contribution in [3.63, 3.8) is 0 Å². The van der Waals surface area contributed by atoms with Crippen LogP contribution in [0.1, 0.15) is 50.8 Å². The summed E-state index contributed by atoms with van der Waals surface area (Å²) in [6.07, 6.45) is 0.766. The highest BCUT2D eigenvalue weighted by Gasteiger charge is 2.30. The van der Waals surface area contributed by atoms with E-state index in [2.05, 4.69) is 11.4 Å². The smallest absolute Gasteiger partial charge is 0.243 e. The number of hydrogen-bond donors (Lipinski definition) is 1. The number of benzene rings is 2. The SMILES string of the molecule is CCC(C(=O)NC(C)(C)C)N(Cc1cccc(C)c1)C(=O)Cc1ccc(Cl)cc1. The van der Waals surface area contributed by atoms with Gasteiger partial charge in [-0.25, -0.2) is 0 Å². The second-order valence-corrected chi connectivity index (χ2v) is 8.91. The van der Waals surface area contributed by atoms with Crippen LogP contribution in [0.25, 0.3) is 0 Å². The van der Waals surface area contributed by atoms with Crippen molar-refractivity contribution in [2.75, 3.05) is 0 Å². The van der Waals surface area contributed by atoms with Gasteiger partial charge in [0.05, 0.1) is 6.42 Å². The monoisotopic (exact) mass is 414 g/mol. The lowest BCUT2D eigenvalue weighted by Gasteiger charge is -2.33. The van der Waals surface area contributed by atoms with Gasteiger partial charge < -0.3 is 10.2 Å². The topological polar surface area (TPSA) is 49.4 Å². The van der Waals surface area contributed by atoms with Gasteiger partial charge in [-0.15, -0.1) is 0 Å². The van der Waals surface area contributed by atoms with E-state index in [1.54, 1.807) is 17.0 Å². The molecule has 0 aliphatic carbocycles. The van der Waals surface area contributed by atoms with E-state index in [0.717, 1.165) is 16.7 Å². The summed E-state index contributed by atoms with van der Waals surface area (Å²) in [6.45, 7) is 10.2. The fraction of sp³-hybridized carbons (Fsp3) is 0.417. The third-order valence-corrected chi connectivity index (χ3v) is 4.84. The minimum atomic E-state index is -0.533. The van der Waals surface area contributed by atoms with Gasteiger partial charge in [0.25, 0.3) is 0 Å². The van der Waals surface area contributed by atoms with E-state index < -0.39 is 6.04 Å². The van der Waals surface area contributed by atoms with Gasteiger partial charge in [0.2, 0.25) is 11.8 Å². The Morgan fingerprint density at radius 2 is 1.72 bits per heavy atom. The minimum Gasteiger partial charge on any atom is -0.350 e. The van der Waals surface area contributed by atoms with Gasteiger partial charge >= 0.3 is 0 Å². The Morgan fingerprint density at radius 3 is 2.28 bits per heavy atom. The molecule has 2 aromatic rings. The first-order valence-corrected chi connectivity index (χ1v) is 10.4. The molecule has 0 aliphatic heterocycles. The Kier molecular flexibility index (Phi) is 7.86. The molecule has 0 saturated heterocycles. The lowest BCUT2D eigenvalue weighted by Crippen LogP contribution is -2.53. The Morgan fingerprint density at radius 1 is 1.07 bits per heavy atom. The van der Waals surface area contributed by atoms with E-state index in [1.807, 2.05) is 65.0 Å². The summed E-state index contributed by atoms with van der Waals surface area (Å²) >= 11 is 5.96. The maximum atomic E-state index is 13.3. The summed E-state index contributed by atoms with van der Waals surface area (Å²) in [5, 5.41) is 3.66. The molecule has 0 saturated carbocycles. The number of nitrogens with zero attached hydrogens (tertiary/aromatic N) is 1. The van der Waals surface area contributed by atoms with Gasteiger partial charge in [-0.3, -0.25) is 9.59 Å². The normalized spacial score (nSPS) is 12.3. The maximum Gasteiger partial charge on any atom is 0.243 e. The minimum absolute atomic E-state index is 0.0789. The summed E-state index contributed by atoms with van der Waals surface area (Å²) in [7, 11) is 0. The van der Waals surface area contributed by atoms with Gasteiger partial charge in [0, 0.05) is 17.1 Å². The van der Waals surface area contributed by atoms with Crippen LogP contribution in [0, 0.1) is 6.92 Å². The van der Waals surface area contributed by atoms with Crippen molar-refractivity contribution >= 4 is 23.4 Å². The molecule has 5 heteroatoms. The predicted molar refractivity (Wildman–Crippen MR) is 119 cm³/mol. The van der Waals surface area contributed by atoms with Crippen LogP contribution in [-0.2, 0) is 22.6 Å². The van der Waals surface area contributed by atoms with Crippen molar-refractivity contribution in [3.8, 4) is 0 Å². The molecule has 0 spiro atoms. The summed E-state index contributed by atoms with van der Waals surface area (Å²) in [6, 6.07) is 14.8. The average molecular weight is 415 g/mol. The summed E-state index contributed by atoms with van der Waals surface area (Å²) in [4.78, 5) is 27.9. The fourth-order valence-electron chi connectivity index (χ4n) is 3.26. The Labute approximate surface area is 179 Å². The molecule has 2 aromatic carbocycles. The molecular weight excluding hydrogens is 384 g/mol. The lowest BCUT2D eigenvalue weighted by molar-refractivity contribution is -0.141. The molecule has 1 unspecified atom stereocenters. The van der Waals surface area contributed by atoms with Crippen LogP contribution in [0.4, 0.5) is 0 Å². The van der Waals surface area contributed by atoms with Crippen molar-refractivity contribution in [1.29, 1.82) is 0 Å². The Balaban J connectivity index is 2.30. The molecule has 2 amide bonds. The standard InChI is InChI=1S/C24H31ClN2O2/c1-6-21(23(29)26-24(3,4)5)27(16-19-9-7-8-17(2)14-19)22(28)15-18-10-12-20(25)13-11-18/h7-14,21H,6,15-16H2,1-5H3,(H,26,29). The highest BCUT2D eigenvalue weighted by molar-refractivity contribution is 6.30. The first-order valence-electron chi connectivity index (χ1n) is 10.0. The molecule has 4 nitrogen and oxygen atoms in total. The zero-order valence-corrected chi connectivity index (χ0v) is 18.7. The van der Waals surface area contributed by atoms with Crippen molar-refractivity contribution in [3.05, 3.63) is 70.2 Å². The van der Waals surface area contributed by atoms with Gasteiger partial charge in [-0.1, -0.05) is 60.5 Å². The highest BCUT2D eigenvalue weighted by atomic mass is 35.5. The number of carbonyl (C=O) groups excluding carboxylic acids is 2. The Hall–Kier alpha value is -2.33. The van der Waals surface area contributed by atoms with Crippen LogP contribution in [0.3, 0.4) is 0 Å². The Bertz CT molecular complexity index is 841. The molecule has 2 rings (SSSR count). The molecule has 0 radical (unpaired) electrons. The fourth-order valence-corrected chi connectivity index (χ4v) is 3.38. The van der Waals surface area contributed by atoms with Gasteiger partial charge in [0.15, 0.2) is 0 Å². The quantitative estimate of drug-likeness (QED) is 0.699. The van der Waals surface area contributed by atoms with E-state index in [1.165, 1.54) is 0 Å². The molecule has 156 valence electrons. The summed E-state index contributed by atoms with van der Waals surface area (Å²) in [5.41, 5.74) is 2.65. The van der Waals surface area contributed by atoms with Gasteiger partial charge in [-0.2, -0.15) is 0 Å². The zero-order chi connectivity index (χ0) is 21.6. The first-order chi connectivity index (χ1) is 13.6. The van der Waals surface area contributed by atoms with Crippen LogP contribution in [-0.4, -0.2) is 28.3 Å². The van der Waals surface area contributed by atoms with Crippen molar-refractivity contribution in [1.82, 2.24) is 10.2 Å². The van der Waals surface area contributed by atoms with Crippen molar-refractivity contribution < 1.29 is 9.59 Å². The van der Waals surface area contributed by atoms with Crippen molar-refractivity contribution in [2.24, 2.45) is 0 Å². The second kappa shape index (κ2) is 9.93. The van der Waals surface area contributed by atoms with Crippen LogP contribution >= 0.6 is 11.6 Å². The molecule has 0 fully saturated rings. The van der Waals surface area contributed by atoms with E-state index in [4.69, 9.17) is 11.6 Å². The van der Waals surface area contributed by atoms with E-state index in [0.29, 0.717) is 18.0 Å². The second-order valence-electron chi connectivity index (χ2n) is 8.48. The van der Waals surface area contributed by atoms with Crippen LogP contribution in [0.2, 0.25) is 5.02 Å². The number of nitrogens with one attached hydrogen (secondary N) is 1. The molecule has 29 heavy (non-hydrogen) atoms. The predicted octanol–water partition coefficient (Wildman–Crippen LogP) is 4.91. The third kappa shape index (κ3) is 7.21. The molecule has 0 bridgehead atoms. The van der Waals surface area contributed by atoms with Gasteiger partial charge in [0.1, 0.15) is 6.04 Å². The van der Waals surface area contributed by atoms with Crippen LogP contribution in [0.15, 0.2) is 48.5 Å². The van der Waals surface area contributed by atoms with Crippen molar-refractivity contribution in [2.45, 2.75) is 65.6 Å². The first kappa shape index (κ1) is 23.0. The summed E-state index contributed by atoms with van der Waals surface area (Å²) in [5.74, 6) is -0.207. The molecular formula is C24H31ClN2O2. The number of carbonyl (C=O) groups is 2. The third-order valence-electron chi connectivity index (χ3n) is 4.59. The summed E-state index contributed by atoms with van der Waals surface area (Å²) < 4.78 is 0. The highest BCUT2D eigenvalue weighted by Crippen LogP contribution is 2.17. The molecule has 1 atom stereocenters. The van der Waals surface area contributed by atoms with E-state index in [-0.39, 0.29) is 23.8 Å². The van der Waals surface area contributed by atoms with E-state index >= 15 is 0 Å². The van der Waals surface area contributed by atoms with Crippen LogP contribution in [0.5, 0.6) is 0 Å². The maximum absolute atomic E-state index is 13.3. The molecule has 0 aromatic heterocycles. The number of halogens is 1. The largest absolute Gasteiger partial charge is 0.350 e. The average Bonchev–Trinajstić information content (AvgIpc) is 2.62. The van der Waals surface area contributed by atoms with Crippen LogP contribution < -0.4 is 5.32 Å². The number of amides is 2. The number of rotatable bonds is 7. The van der Waals surface area contributed by atoms with E-state index in [9.17, 15) is 9.59 Å². The van der Waals surface area contributed by atoms with Gasteiger partial charge in [-0.05, 0) is 57.4 Å².